The molecule has 0 aromatic carbocycles. The summed E-state index contributed by atoms with van der Waals surface area (Å²) in [7, 11) is 0. The van der Waals surface area contributed by atoms with Crippen LogP contribution in [0.25, 0.3) is 0 Å². The topological polar surface area (TPSA) is 66.6 Å². The predicted molar refractivity (Wildman–Crippen MR) is 46.0 cm³/mol. The smallest absolute Gasteiger partial charge is 0.407 e. The summed E-state index contributed by atoms with van der Waals surface area (Å²) < 4.78 is 0. The molecule has 2 unspecified atom stereocenters. The number of hydrogen-bond acceptors (Lipinski definition) is 2. The van der Waals surface area contributed by atoms with Gasteiger partial charge in [0, 0.05) is 18.6 Å². The van der Waals surface area contributed by atoms with Crippen molar-refractivity contribution in [3.05, 3.63) is 0 Å². The maximum absolute atomic E-state index is 10.7. The zero-order valence-electron chi connectivity index (χ0n) is 7.36. The van der Waals surface area contributed by atoms with Crippen LogP contribution in [0.5, 0.6) is 0 Å². The molecule has 0 spiro atoms. The van der Waals surface area contributed by atoms with E-state index in [9.17, 15) is 4.79 Å². The van der Waals surface area contributed by atoms with Crippen molar-refractivity contribution in [3.8, 4) is 0 Å². The van der Waals surface area contributed by atoms with Crippen molar-refractivity contribution in [2.75, 3.05) is 6.54 Å². The number of piperidine rings is 1. The summed E-state index contributed by atoms with van der Waals surface area (Å²) in [5, 5.41) is 8.81. The van der Waals surface area contributed by atoms with Crippen LogP contribution in [0.2, 0.25) is 0 Å². The second kappa shape index (κ2) is 3.76. The van der Waals surface area contributed by atoms with Gasteiger partial charge in [0.05, 0.1) is 0 Å². The molecule has 4 nitrogen and oxygen atoms in total. The molecule has 0 aliphatic carbocycles. The normalized spacial score (nSPS) is 30.3. The molecule has 0 radical (unpaired) electrons. The summed E-state index contributed by atoms with van der Waals surface area (Å²) in [5.41, 5.74) is 5.74. The summed E-state index contributed by atoms with van der Waals surface area (Å²) in [6.07, 6.45) is 1.65. The van der Waals surface area contributed by atoms with Gasteiger partial charge in [0.25, 0.3) is 0 Å². The first-order valence-electron chi connectivity index (χ1n) is 4.40. The van der Waals surface area contributed by atoms with E-state index in [4.69, 9.17) is 10.8 Å². The van der Waals surface area contributed by atoms with Crippen LogP contribution in [0.15, 0.2) is 0 Å². The fraction of sp³-hybridized carbons (Fsp3) is 0.875. The Labute approximate surface area is 72.3 Å². The van der Waals surface area contributed by atoms with Crippen LogP contribution in [0, 0.1) is 0 Å². The number of carboxylic acid groups (broad SMARTS) is 1. The lowest BCUT2D eigenvalue weighted by atomic mass is 9.97. The van der Waals surface area contributed by atoms with Gasteiger partial charge >= 0.3 is 6.09 Å². The second-order valence-electron chi connectivity index (χ2n) is 3.32. The Morgan fingerprint density at radius 3 is 2.92 bits per heavy atom. The summed E-state index contributed by atoms with van der Waals surface area (Å²) >= 11 is 0. The van der Waals surface area contributed by atoms with E-state index < -0.39 is 6.09 Å². The highest BCUT2D eigenvalue weighted by Gasteiger charge is 2.28. The molecule has 0 aromatic rings. The van der Waals surface area contributed by atoms with Crippen molar-refractivity contribution in [2.45, 2.75) is 38.3 Å². The lowest BCUT2D eigenvalue weighted by molar-refractivity contribution is 0.0999. The third-order valence-corrected chi connectivity index (χ3v) is 2.47. The first-order valence-corrected chi connectivity index (χ1v) is 4.40. The number of carbonyl (C=O) groups is 1. The molecule has 1 saturated heterocycles. The van der Waals surface area contributed by atoms with Crippen molar-refractivity contribution >= 4 is 6.09 Å². The van der Waals surface area contributed by atoms with Gasteiger partial charge in [0.1, 0.15) is 0 Å². The zero-order valence-corrected chi connectivity index (χ0v) is 7.36. The van der Waals surface area contributed by atoms with Crippen LogP contribution in [0.4, 0.5) is 4.79 Å². The number of nitrogens with zero attached hydrogens (tertiary/aromatic N) is 1. The fourth-order valence-corrected chi connectivity index (χ4v) is 1.72. The van der Waals surface area contributed by atoms with Gasteiger partial charge in [0.2, 0.25) is 0 Å². The Hall–Kier alpha value is -0.770. The van der Waals surface area contributed by atoms with E-state index >= 15 is 0 Å². The number of likely N-dealkylation sites (tertiary alicyclic amines) is 1. The van der Waals surface area contributed by atoms with Crippen LogP contribution in [-0.2, 0) is 0 Å². The number of rotatable bonds is 1. The van der Waals surface area contributed by atoms with E-state index in [-0.39, 0.29) is 12.1 Å². The molecule has 1 aliphatic heterocycles. The molecule has 1 rings (SSSR count). The lowest BCUT2D eigenvalue weighted by Gasteiger charge is -2.35. The summed E-state index contributed by atoms with van der Waals surface area (Å²) in [6.45, 7) is 2.59. The van der Waals surface area contributed by atoms with Crippen LogP contribution in [0.3, 0.4) is 0 Å². The second-order valence-corrected chi connectivity index (χ2v) is 3.32. The number of nitrogens with two attached hydrogens (primary N) is 1. The summed E-state index contributed by atoms with van der Waals surface area (Å²) in [6, 6.07) is 0.316. The molecule has 0 aromatic heterocycles. The van der Waals surface area contributed by atoms with E-state index in [0.29, 0.717) is 6.54 Å². The summed E-state index contributed by atoms with van der Waals surface area (Å²) in [5.74, 6) is 0. The molecule has 0 saturated carbocycles. The van der Waals surface area contributed by atoms with Crippen molar-refractivity contribution in [1.82, 2.24) is 4.90 Å². The van der Waals surface area contributed by atoms with Crippen LogP contribution < -0.4 is 5.73 Å². The first kappa shape index (κ1) is 9.32. The molecular formula is C8H16N2O2. The van der Waals surface area contributed by atoms with Gasteiger partial charge in [-0.25, -0.2) is 4.79 Å². The number of amides is 1. The molecule has 70 valence electrons. The minimum absolute atomic E-state index is 0.131. The molecule has 1 aliphatic rings. The minimum Gasteiger partial charge on any atom is -0.465 e. The third-order valence-electron chi connectivity index (χ3n) is 2.47. The molecule has 1 amide bonds. The van der Waals surface area contributed by atoms with Gasteiger partial charge in [-0.15, -0.1) is 0 Å². The SMILES string of the molecule is CCC1CC(N)CCN1C(=O)O. The highest BCUT2D eigenvalue weighted by atomic mass is 16.4. The van der Waals surface area contributed by atoms with E-state index in [1.165, 1.54) is 4.90 Å². The Kier molecular flexibility index (Phi) is 2.92. The van der Waals surface area contributed by atoms with Crippen LogP contribution >= 0.6 is 0 Å². The predicted octanol–water partition coefficient (Wildman–Crippen LogP) is 0.866. The molecule has 1 fully saturated rings. The van der Waals surface area contributed by atoms with Gasteiger partial charge in [-0.3, -0.25) is 0 Å². The monoisotopic (exact) mass is 172 g/mol. The zero-order chi connectivity index (χ0) is 9.14. The van der Waals surface area contributed by atoms with E-state index in [1.807, 2.05) is 6.92 Å². The molecule has 2 atom stereocenters. The maximum Gasteiger partial charge on any atom is 0.407 e. The maximum atomic E-state index is 10.7. The molecule has 4 heteroatoms. The average Bonchev–Trinajstić information content (AvgIpc) is 2.03. The Balaban J connectivity index is 2.56. The average molecular weight is 172 g/mol. The standard InChI is InChI=1S/C8H16N2O2/c1-2-7-5-6(9)3-4-10(7)8(11)12/h6-7H,2-5,9H2,1H3,(H,11,12). The van der Waals surface area contributed by atoms with Crippen molar-refractivity contribution in [1.29, 1.82) is 0 Å². The van der Waals surface area contributed by atoms with E-state index in [1.54, 1.807) is 0 Å². The molecular weight excluding hydrogens is 156 g/mol. The third kappa shape index (κ3) is 1.88. The minimum atomic E-state index is -0.811. The fourth-order valence-electron chi connectivity index (χ4n) is 1.72. The van der Waals surface area contributed by atoms with Gasteiger partial charge in [-0.05, 0) is 19.3 Å². The van der Waals surface area contributed by atoms with Gasteiger partial charge in [-0.2, -0.15) is 0 Å². The Morgan fingerprint density at radius 1 is 1.75 bits per heavy atom. The molecule has 3 N–H and O–H groups in total. The molecule has 12 heavy (non-hydrogen) atoms. The lowest BCUT2D eigenvalue weighted by Crippen LogP contribution is -2.48. The van der Waals surface area contributed by atoms with Crippen LogP contribution in [-0.4, -0.2) is 34.7 Å². The highest BCUT2D eigenvalue weighted by Crippen LogP contribution is 2.18. The van der Waals surface area contributed by atoms with Gasteiger partial charge in [-0.1, -0.05) is 6.92 Å². The quantitative estimate of drug-likeness (QED) is 0.616. The molecule has 0 bridgehead atoms. The van der Waals surface area contributed by atoms with E-state index in [0.717, 1.165) is 19.3 Å². The largest absolute Gasteiger partial charge is 0.465 e. The Morgan fingerprint density at radius 2 is 2.42 bits per heavy atom. The summed E-state index contributed by atoms with van der Waals surface area (Å²) in [4.78, 5) is 12.2. The van der Waals surface area contributed by atoms with Gasteiger partial charge < -0.3 is 15.7 Å². The molecule has 1 heterocycles. The first-order chi connectivity index (χ1) is 5.65. The number of hydrogen-bond donors (Lipinski definition) is 2. The van der Waals surface area contributed by atoms with Crippen molar-refractivity contribution in [2.24, 2.45) is 5.73 Å². The van der Waals surface area contributed by atoms with Crippen LogP contribution in [0.1, 0.15) is 26.2 Å². The van der Waals surface area contributed by atoms with E-state index in [2.05, 4.69) is 0 Å². The Bertz CT molecular complexity index is 172. The van der Waals surface area contributed by atoms with Gasteiger partial charge in [0.15, 0.2) is 0 Å². The van der Waals surface area contributed by atoms with Crippen molar-refractivity contribution < 1.29 is 9.90 Å². The van der Waals surface area contributed by atoms with Crippen molar-refractivity contribution in [3.63, 3.8) is 0 Å². The highest BCUT2D eigenvalue weighted by molar-refractivity contribution is 5.65.